The summed E-state index contributed by atoms with van der Waals surface area (Å²) in [6.07, 6.45) is 3.93. The highest BCUT2D eigenvalue weighted by atomic mass is 19.1. The van der Waals surface area contributed by atoms with Crippen molar-refractivity contribution in [1.82, 2.24) is 20.2 Å². The molecule has 0 radical (unpaired) electrons. The number of nitrogens with two attached hydrogens (primary N) is 1. The van der Waals surface area contributed by atoms with Gasteiger partial charge in [-0.05, 0) is 77.9 Å². The largest absolute Gasteiger partial charge is 0.368 e. The normalized spacial score (nSPS) is 16.8. The van der Waals surface area contributed by atoms with Gasteiger partial charge in [0.25, 0.3) is 5.91 Å². The van der Waals surface area contributed by atoms with Crippen molar-refractivity contribution in [1.29, 1.82) is 0 Å². The second-order valence-electron chi connectivity index (χ2n) is 9.73. The molecule has 37 heavy (non-hydrogen) atoms. The number of carbonyl (C=O) groups excluding carboxylic acids is 2. The van der Waals surface area contributed by atoms with Crippen molar-refractivity contribution in [2.75, 3.05) is 12.3 Å². The lowest BCUT2D eigenvalue weighted by atomic mass is 9.97. The van der Waals surface area contributed by atoms with Crippen molar-refractivity contribution >= 4 is 29.0 Å². The van der Waals surface area contributed by atoms with Gasteiger partial charge in [-0.25, -0.2) is 14.4 Å². The summed E-state index contributed by atoms with van der Waals surface area (Å²) in [5.74, 6) is -0.703. The number of anilines is 1. The Balaban J connectivity index is 1.36. The summed E-state index contributed by atoms with van der Waals surface area (Å²) in [6.45, 7) is 2.06. The van der Waals surface area contributed by atoms with Gasteiger partial charge in [-0.15, -0.1) is 0 Å². The van der Waals surface area contributed by atoms with Crippen LogP contribution in [0.5, 0.6) is 0 Å². The molecule has 4 aromatic rings. The number of nitrogen functional groups attached to an aromatic ring is 1. The predicted octanol–water partition coefficient (Wildman–Crippen LogP) is 4.28. The molecule has 1 saturated heterocycles. The fourth-order valence-corrected chi connectivity index (χ4v) is 5.54. The Kier molecular flexibility index (Phi) is 5.88. The van der Waals surface area contributed by atoms with E-state index >= 15 is 0 Å². The van der Waals surface area contributed by atoms with Gasteiger partial charge in [-0.1, -0.05) is 30.3 Å². The number of amides is 1. The average molecular weight is 496 g/mol. The molecule has 2 aliphatic rings. The second-order valence-corrected chi connectivity index (χ2v) is 9.73. The number of nitrogens with one attached hydrogen (secondary N) is 1. The van der Waals surface area contributed by atoms with E-state index in [1.165, 1.54) is 36.1 Å². The molecule has 1 amide bonds. The van der Waals surface area contributed by atoms with Gasteiger partial charge in [0.15, 0.2) is 6.29 Å². The third-order valence-electron chi connectivity index (χ3n) is 7.36. The van der Waals surface area contributed by atoms with Crippen LogP contribution in [0.25, 0.3) is 22.0 Å². The topological polar surface area (TPSA) is 101 Å². The molecule has 0 bridgehead atoms. The van der Waals surface area contributed by atoms with Crippen molar-refractivity contribution in [3.05, 3.63) is 88.4 Å². The first-order valence-electron chi connectivity index (χ1n) is 12.4. The molecule has 3 aromatic carbocycles. The Labute approximate surface area is 213 Å². The number of aldehydes is 1. The third-order valence-corrected chi connectivity index (χ3v) is 7.36. The Morgan fingerprint density at radius 1 is 1.14 bits per heavy atom. The van der Waals surface area contributed by atoms with E-state index in [2.05, 4.69) is 33.5 Å². The van der Waals surface area contributed by atoms with Crippen LogP contribution in [0.4, 0.5) is 10.3 Å². The first-order valence-corrected chi connectivity index (χ1v) is 12.4. The number of halogens is 1. The van der Waals surface area contributed by atoms with Gasteiger partial charge < -0.3 is 16.0 Å². The zero-order valence-corrected chi connectivity index (χ0v) is 20.2. The Hall–Kier alpha value is -4.17. The average Bonchev–Trinajstić information content (AvgIpc) is 3.58. The quantitative estimate of drug-likeness (QED) is 0.401. The highest BCUT2D eigenvalue weighted by Crippen LogP contribution is 2.32. The Morgan fingerprint density at radius 2 is 2.03 bits per heavy atom. The molecule has 3 heterocycles. The number of benzene rings is 3. The Bertz CT molecular complexity index is 1550. The fraction of sp³-hybridized carbons (Fsp3) is 0.241. The fourth-order valence-electron chi connectivity index (χ4n) is 5.54. The van der Waals surface area contributed by atoms with Crippen LogP contribution in [0.15, 0.2) is 54.6 Å². The summed E-state index contributed by atoms with van der Waals surface area (Å²) < 4.78 is 13.7. The van der Waals surface area contributed by atoms with Crippen LogP contribution >= 0.6 is 0 Å². The van der Waals surface area contributed by atoms with Gasteiger partial charge in [0.1, 0.15) is 11.5 Å². The highest BCUT2D eigenvalue weighted by molar-refractivity contribution is 6.06. The lowest BCUT2D eigenvalue weighted by Gasteiger charge is -2.17. The molecule has 3 N–H and O–H groups in total. The van der Waals surface area contributed by atoms with Crippen molar-refractivity contribution in [2.24, 2.45) is 0 Å². The molecule has 1 fully saturated rings. The molecule has 0 saturated carbocycles. The van der Waals surface area contributed by atoms with E-state index in [1.807, 2.05) is 0 Å². The number of fused-ring (bicyclic) bond motifs is 2. The van der Waals surface area contributed by atoms with Crippen LogP contribution in [0.1, 0.15) is 50.4 Å². The van der Waals surface area contributed by atoms with E-state index in [4.69, 9.17) is 5.73 Å². The molecule has 1 atom stereocenters. The van der Waals surface area contributed by atoms with Crippen LogP contribution < -0.4 is 11.1 Å². The Morgan fingerprint density at radius 3 is 2.84 bits per heavy atom. The van der Waals surface area contributed by atoms with Gasteiger partial charge in [-0.3, -0.25) is 9.59 Å². The van der Waals surface area contributed by atoms with Crippen LogP contribution in [-0.4, -0.2) is 39.6 Å². The van der Waals surface area contributed by atoms with Gasteiger partial charge in [0, 0.05) is 30.1 Å². The van der Waals surface area contributed by atoms with E-state index in [0.717, 1.165) is 18.5 Å². The number of nitrogens with zero attached hydrogens (tertiary/aromatic N) is 3. The van der Waals surface area contributed by atoms with Crippen LogP contribution in [0, 0.1) is 5.82 Å². The SMILES string of the molecule is Nc1nc(C(=O)N2Cc3cccc(CC4CCCN4)c3C2)c2cc(-c3ccc(F)cc3C=O)ccc2n1. The van der Waals surface area contributed by atoms with E-state index in [0.29, 0.717) is 47.4 Å². The van der Waals surface area contributed by atoms with Crippen molar-refractivity contribution < 1.29 is 14.0 Å². The molecule has 8 heteroatoms. The summed E-state index contributed by atoms with van der Waals surface area (Å²) >= 11 is 0. The predicted molar refractivity (Wildman–Crippen MR) is 139 cm³/mol. The lowest BCUT2D eigenvalue weighted by molar-refractivity contribution is 0.0747. The van der Waals surface area contributed by atoms with E-state index < -0.39 is 5.82 Å². The number of aromatic nitrogens is 2. The summed E-state index contributed by atoms with van der Waals surface area (Å²) in [6, 6.07) is 16.1. The number of carbonyl (C=O) groups is 2. The summed E-state index contributed by atoms with van der Waals surface area (Å²) in [4.78, 5) is 35.8. The summed E-state index contributed by atoms with van der Waals surface area (Å²) in [5.41, 5.74) is 11.8. The minimum absolute atomic E-state index is 0.0173. The molecule has 2 aliphatic heterocycles. The highest BCUT2D eigenvalue weighted by Gasteiger charge is 2.29. The second kappa shape index (κ2) is 9.37. The van der Waals surface area contributed by atoms with Crippen LogP contribution in [0.3, 0.4) is 0 Å². The minimum atomic E-state index is -0.490. The zero-order chi connectivity index (χ0) is 25.5. The number of hydrogen-bond donors (Lipinski definition) is 2. The molecule has 186 valence electrons. The maximum absolute atomic E-state index is 13.8. The van der Waals surface area contributed by atoms with E-state index in [-0.39, 0.29) is 23.1 Å². The maximum atomic E-state index is 13.8. The molecule has 1 unspecified atom stereocenters. The van der Waals surface area contributed by atoms with Crippen LogP contribution in [0.2, 0.25) is 0 Å². The maximum Gasteiger partial charge on any atom is 0.273 e. The molecule has 1 aromatic heterocycles. The van der Waals surface area contributed by atoms with Gasteiger partial charge in [0.05, 0.1) is 5.52 Å². The van der Waals surface area contributed by atoms with E-state index in [9.17, 15) is 14.0 Å². The van der Waals surface area contributed by atoms with Crippen LogP contribution in [-0.2, 0) is 19.5 Å². The number of hydrogen-bond acceptors (Lipinski definition) is 6. The molecule has 7 nitrogen and oxygen atoms in total. The van der Waals surface area contributed by atoms with Crippen molar-refractivity contribution in [2.45, 2.75) is 38.4 Å². The van der Waals surface area contributed by atoms with Gasteiger partial charge >= 0.3 is 0 Å². The summed E-state index contributed by atoms with van der Waals surface area (Å²) in [7, 11) is 0. The molecular formula is C29H26FN5O2. The molecular weight excluding hydrogens is 469 g/mol. The monoisotopic (exact) mass is 495 g/mol. The van der Waals surface area contributed by atoms with Crippen molar-refractivity contribution in [3.8, 4) is 11.1 Å². The standard InChI is InChI=1S/C29H26FN5O2/c30-21-7-8-23(20(11-21)16-36)18-6-9-26-24(13-18)27(34-29(31)33-26)28(37)35-14-19-4-1-3-17(25(19)15-35)12-22-5-2-10-32-22/h1,3-4,6-9,11,13,16,22,32H,2,5,10,12,14-15H2,(H2,31,33,34). The molecule has 0 aliphatic carbocycles. The van der Waals surface area contributed by atoms with Gasteiger partial charge in [-0.2, -0.15) is 0 Å². The minimum Gasteiger partial charge on any atom is -0.368 e. The zero-order valence-electron chi connectivity index (χ0n) is 20.2. The van der Waals surface area contributed by atoms with Crippen molar-refractivity contribution in [3.63, 3.8) is 0 Å². The smallest absolute Gasteiger partial charge is 0.273 e. The van der Waals surface area contributed by atoms with Gasteiger partial charge in [0.2, 0.25) is 5.95 Å². The molecule has 0 spiro atoms. The lowest BCUT2D eigenvalue weighted by Crippen LogP contribution is -2.27. The first-order chi connectivity index (χ1) is 18.0. The first kappa shape index (κ1) is 23.2. The summed E-state index contributed by atoms with van der Waals surface area (Å²) in [5, 5.41) is 4.09. The molecule has 6 rings (SSSR count). The number of rotatable bonds is 5. The third kappa shape index (κ3) is 4.34. The van der Waals surface area contributed by atoms with E-state index in [1.54, 1.807) is 29.2 Å².